The van der Waals surface area contributed by atoms with Gasteiger partial charge in [-0.3, -0.25) is 4.79 Å². The van der Waals surface area contributed by atoms with Crippen LogP contribution in [0.3, 0.4) is 0 Å². The molecule has 1 aromatic rings. The minimum Gasteiger partial charge on any atom is -0.378 e. The molecule has 1 aromatic heterocycles. The average Bonchev–Trinajstić information content (AvgIpc) is 2.76. The second-order valence-electron chi connectivity index (χ2n) is 4.01. The molecule has 0 aliphatic carbocycles. The SMILES string of the molecule is Cc1csc(CCNC(=O)C2COCCN2)n1. The number of carbonyl (C=O) groups is 1. The zero-order valence-corrected chi connectivity index (χ0v) is 10.7. The van der Waals surface area contributed by atoms with Gasteiger partial charge >= 0.3 is 0 Å². The molecule has 0 bridgehead atoms. The summed E-state index contributed by atoms with van der Waals surface area (Å²) >= 11 is 1.63. The maximum absolute atomic E-state index is 11.7. The second kappa shape index (κ2) is 6.09. The van der Waals surface area contributed by atoms with E-state index in [1.165, 1.54) is 0 Å². The molecule has 0 spiro atoms. The molecule has 0 aromatic carbocycles. The summed E-state index contributed by atoms with van der Waals surface area (Å²) in [5, 5.41) is 9.10. The number of thiazole rings is 1. The lowest BCUT2D eigenvalue weighted by molar-refractivity contribution is -0.125. The fraction of sp³-hybridized carbons (Fsp3) is 0.636. The van der Waals surface area contributed by atoms with Gasteiger partial charge in [0.1, 0.15) is 6.04 Å². The smallest absolute Gasteiger partial charge is 0.239 e. The highest BCUT2D eigenvalue weighted by atomic mass is 32.1. The van der Waals surface area contributed by atoms with E-state index in [2.05, 4.69) is 15.6 Å². The highest BCUT2D eigenvalue weighted by Gasteiger charge is 2.20. The molecule has 1 atom stereocenters. The highest BCUT2D eigenvalue weighted by Crippen LogP contribution is 2.08. The van der Waals surface area contributed by atoms with E-state index in [1.807, 2.05) is 12.3 Å². The average molecular weight is 255 g/mol. The molecule has 2 N–H and O–H groups in total. The minimum absolute atomic E-state index is 0.0120. The van der Waals surface area contributed by atoms with Crippen molar-refractivity contribution in [1.82, 2.24) is 15.6 Å². The van der Waals surface area contributed by atoms with Crippen LogP contribution in [0.25, 0.3) is 0 Å². The van der Waals surface area contributed by atoms with Crippen LogP contribution in [0.4, 0.5) is 0 Å². The van der Waals surface area contributed by atoms with Gasteiger partial charge in [-0.25, -0.2) is 4.98 Å². The van der Waals surface area contributed by atoms with Gasteiger partial charge in [-0.1, -0.05) is 0 Å². The van der Waals surface area contributed by atoms with Gasteiger partial charge in [0.15, 0.2) is 0 Å². The second-order valence-corrected chi connectivity index (χ2v) is 4.95. The topological polar surface area (TPSA) is 63.2 Å². The normalized spacial score (nSPS) is 20.2. The molecule has 17 heavy (non-hydrogen) atoms. The Bertz CT molecular complexity index is 375. The third kappa shape index (κ3) is 3.76. The van der Waals surface area contributed by atoms with Crippen molar-refractivity contribution in [2.75, 3.05) is 26.3 Å². The fourth-order valence-electron chi connectivity index (χ4n) is 1.67. The van der Waals surface area contributed by atoms with Crippen LogP contribution in [-0.4, -0.2) is 43.2 Å². The number of amides is 1. The van der Waals surface area contributed by atoms with E-state index >= 15 is 0 Å². The molecule has 1 unspecified atom stereocenters. The number of carbonyl (C=O) groups excluding carboxylic acids is 1. The summed E-state index contributed by atoms with van der Waals surface area (Å²) < 4.78 is 5.24. The number of nitrogens with one attached hydrogen (secondary N) is 2. The summed E-state index contributed by atoms with van der Waals surface area (Å²) in [6.45, 7) is 4.49. The van der Waals surface area contributed by atoms with Crippen molar-refractivity contribution in [3.8, 4) is 0 Å². The molecule has 94 valence electrons. The first-order chi connectivity index (χ1) is 8.25. The third-order valence-electron chi connectivity index (χ3n) is 2.54. The quantitative estimate of drug-likeness (QED) is 0.801. The molecule has 0 radical (unpaired) electrons. The first-order valence-corrected chi connectivity index (χ1v) is 6.63. The lowest BCUT2D eigenvalue weighted by Crippen LogP contribution is -2.51. The van der Waals surface area contributed by atoms with Gasteiger partial charge < -0.3 is 15.4 Å². The monoisotopic (exact) mass is 255 g/mol. The number of morpholine rings is 1. The molecular formula is C11H17N3O2S. The Morgan fingerprint density at radius 2 is 2.65 bits per heavy atom. The van der Waals surface area contributed by atoms with Crippen LogP contribution in [0.1, 0.15) is 10.7 Å². The van der Waals surface area contributed by atoms with Crippen molar-refractivity contribution in [2.45, 2.75) is 19.4 Å². The van der Waals surface area contributed by atoms with Crippen LogP contribution in [0.15, 0.2) is 5.38 Å². The molecule has 1 amide bonds. The number of hydrogen-bond donors (Lipinski definition) is 2. The Balaban J connectivity index is 1.69. The molecule has 6 heteroatoms. The van der Waals surface area contributed by atoms with Crippen molar-refractivity contribution in [2.24, 2.45) is 0 Å². The Morgan fingerprint density at radius 3 is 3.29 bits per heavy atom. The minimum atomic E-state index is -0.207. The van der Waals surface area contributed by atoms with Crippen LogP contribution in [0.5, 0.6) is 0 Å². The van der Waals surface area contributed by atoms with Crippen LogP contribution in [-0.2, 0) is 16.0 Å². The Labute approximate surface area is 105 Å². The highest BCUT2D eigenvalue weighted by molar-refractivity contribution is 7.09. The summed E-state index contributed by atoms with van der Waals surface area (Å²) in [5.74, 6) is 0.0120. The van der Waals surface area contributed by atoms with Gasteiger partial charge in [0.05, 0.1) is 18.2 Å². The van der Waals surface area contributed by atoms with E-state index in [1.54, 1.807) is 11.3 Å². The van der Waals surface area contributed by atoms with Gasteiger partial charge in [-0.05, 0) is 6.92 Å². The summed E-state index contributed by atoms with van der Waals surface area (Å²) in [5.41, 5.74) is 1.04. The Kier molecular flexibility index (Phi) is 4.47. The molecule has 1 aliphatic rings. The van der Waals surface area contributed by atoms with Gasteiger partial charge in [0.2, 0.25) is 5.91 Å². The number of rotatable bonds is 4. The van der Waals surface area contributed by atoms with Crippen LogP contribution >= 0.6 is 11.3 Å². The van der Waals surface area contributed by atoms with Crippen molar-refractivity contribution in [3.05, 3.63) is 16.1 Å². The zero-order chi connectivity index (χ0) is 12.1. The van der Waals surface area contributed by atoms with Crippen LogP contribution in [0, 0.1) is 6.92 Å². The summed E-state index contributed by atoms with van der Waals surface area (Å²) in [6.07, 6.45) is 0.790. The summed E-state index contributed by atoms with van der Waals surface area (Å²) in [4.78, 5) is 16.1. The molecule has 1 aliphatic heterocycles. The predicted molar refractivity (Wildman–Crippen MR) is 66.2 cm³/mol. The number of nitrogens with zero attached hydrogens (tertiary/aromatic N) is 1. The fourth-order valence-corrected chi connectivity index (χ4v) is 2.44. The summed E-state index contributed by atoms with van der Waals surface area (Å²) in [7, 11) is 0. The van der Waals surface area contributed by atoms with Crippen molar-refractivity contribution in [3.63, 3.8) is 0 Å². The predicted octanol–water partition coefficient (Wildman–Crippen LogP) is 0.0986. The Hall–Kier alpha value is -0.980. The number of aromatic nitrogens is 1. The van der Waals surface area contributed by atoms with Gasteiger partial charge in [0, 0.05) is 30.6 Å². The first-order valence-electron chi connectivity index (χ1n) is 5.75. The molecule has 1 fully saturated rings. The lowest BCUT2D eigenvalue weighted by Gasteiger charge is -2.22. The molecule has 2 heterocycles. The molecule has 0 saturated carbocycles. The van der Waals surface area contributed by atoms with Crippen LogP contribution in [0.2, 0.25) is 0 Å². The van der Waals surface area contributed by atoms with E-state index < -0.39 is 0 Å². The summed E-state index contributed by atoms with van der Waals surface area (Å²) in [6, 6.07) is -0.207. The van der Waals surface area contributed by atoms with E-state index in [4.69, 9.17) is 4.74 Å². The van der Waals surface area contributed by atoms with Crippen molar-refractivity contribution < 1.29 is 9.53 Å². The van der Waals surface area contributed by atoms with E-state index in [9.17, 15) is 4.79 Å². The van der Waals surface area contributed by atoms with Crippen molar-refractivity contribution in [1.29, 1.82) is 0 Å². The van der Waals surface area contributed by atoms with E-state index in [0.29, 0.717) is 19.8 Å². The maximum atomic E-state index is 11.7. The maximum Gasteiger partial charge on any atom is 0.239 e. The van der Waals surface area contributed by atoms with Gasteiger partial charge in [0.25, 0.3) is 0 Å². The molecule has 1 saturated heterocycles. The van der Waals surface area contributed by atoms with Crippen LogP contribution < -0.4 is 10.6 Å². The zero-order valence-electron chi connectivity index (χ0n) is 9.86. The standard InChI is InChI=1S/C11H17N3O2S/c1-8-7-17-10(14-8)2-3-13-11(15)9-6-16-5-4-12-9/h7,9,12H,2-6H2,1H3,(H,13,15). The number of hydrogen-bond acceptors (Lipinski definition) is 5. The van der Waals surface area contributed by atoms with Gasteiger partial charge in [-0.15, -0.1) is 11.3 Å². The number of aryl methyl sites for hydroxylation is 1. The molecule has 5 nitrogen and oxygen atoms in total. The van der Waals surface area contributed by atoms with E-state index in [-0.39, 0.29) is 11.9 Å². The molecule has 2 rings (SSSR count). The number of ether oxygens (including phenoxy) is 1. The first kappa shape index (κ1) is 12.5. The lowest BCUT2D eigenvalue weighted by atomic mass is 10.2. The largest absolute Gasteiger partial charge is 0.378 e. The third-order valence-corrected chi connectivity index (χ3v) is 3.57. The molecular weight excluding hydrogens is 238 g/mol. The van der Waals surface area contributed by atoms with Crippen molar-refractivity contribution >= 4 is 17.2 Å². The van der Waals surface area contributed by atoms with Gasteiger partial charge in [-0.2, -0.15) is 0 Å². The Morgan fingerprint density at radius 1 is 1.76 bits per heavy atom. The van der Waals surface area contributed by atoms with E-state index in [0.717, 1.165) is 23.7 Å².